The van der Waals surface area contributed by atoms with Crippen molar-refractivity contribution in [1.29, 1.82) is 0 Å². The fraction of sp³-hybridized carbons (Fsp3) is 0.176. The molecule has 0 aliphatic heterocycles. The molecule has 0 spiro atoms. The second-order valence-corrected chi connectivity index (χ2v) is 12.7. The fourth-order valence-corrected chi connectivity index (χ4v) is 8.82. The standard InChI is InChI=1S/C34H36OSi/c1-4-30(27-28(2)3)34(26-25-29-17-9-5-10-18-29)35-36(31-19-11-6-12-20-31,32-21-13-7-14-22-32)33-23-15-8-16-24-33/h5-24H,2,4,25-27H2,1,3H3/b34-30+. The summed E-state index contributed by atoms with van der Waals surface area (Å²) in [5.41, 5.74) is 3.84. The van der Waals surface area contributed by atoms with Gasteiger partial charge in [0.1, 0.15) is 0 Å². The minimum atomic E-state index is -2.84. The summed E-state index contributed by atoms with van der Waals surface area (Å²) in [6.45, 7) is 8.59. The molecule has 0 aliphatic rings. The highest BCUT2D eigenvalue weighted by atomic mass is 28.4. The van der Waals surface area contributed by atoms with Crippen LogP contribution < -0.4 is 15.6 Å². The molecule has 182 valence electrons. The Morgan fingerprint density at radius 1 is 0.667 bits per heavy atom. The van der Waals surface area contributed by atoms with E-state index in [4.69, 9.17) is 4.43 Å². The second kappa shape index (κ2) is 12.4. The Balaban J connectivity index is 1.91. The molecule has 0 unspecified atom stereocenters. The summed E-state index contributed by atoms with van der Waals surface area (Å²) >= 11 is 0. The van der Waals surface area contributed by atoms with E-state index in [0.29, 0.717) is 0 Å². The van der Waals surface area contributed by atoms with Gasteiger partial charge in [-0.05, 0) is 52.9 Å². The number of rotatable bonds is 11. The lowest BCUT2D eigenvalue weighted by molar-refractivity contribution is 0.402. The van der Waals surface area contributed by atoms with Crippen LogP contribution in [0.5, 0.6) is 0 Å². The molecule has 4 aromatic rings. The zero-order valence-corrected chi connectivity index (χ0v) is 22.5. The summed E-state index contributed by atoms with van der Waals surface area (Å²) in [6, 6.07) is 43.2. The Kier molecular flexibility index (Phi) is 8.75. The SMILES string of the molecule is C=C(C)C/C(CC)=C(\CCc1ccccc1)O[Si](c1ccccc1)(c1ccccc1)c1ccccc1. The van der Waals surface area contributed by atoms with Crippen LogP contribution in [0.4, 0.5) is 0 Å². The van der Waals surface area contributed by atoms with Gasteiger partial charge < -0.3 is 4.43 Å². The van der Waals surface area contributed by atoms with Crippen molar-refractivity contribution in [1.82, 2.24) is 0 Å². The maximum atomic E-state index is 7.55. The minimum absolute atomic E-state index is 0.863. The highest BCUT2D eigenvalue weighted by Gasteiger charge is 2.44. The van der Waals surface area contributed by atoms with Crippen molar-refractivity contribution < 1.29 is 4.43 Å². The monoisotopic (exact) mass is 488 g/mol. The molecule has 0 aliphatic carbocycles. The first-order chi connectivity index (χ1) is 17.6. The van der Waals surface area contributed by atoms with E-state index >= 15 is 0 Å². The van der Waals surface area contributed by atoms with Crippen LogP contribution in [0.3, 0.4) is 0 Å². The Morgan fingerprint density at radius 2 is 1.08 bits per heavy atom. The van der Waals surface area contributed by atoms with Gasteiger partial charge in [-0.15, -0.1) is 0 Å². The van der Waals surface area contributed by atoms with Crippen molar-refractivity contribution in [2.45, 2.75) is 39.5 Å². The maximum Gasteiger partial charge on any atom is 0.346 e. The quantitative estimate of drug-likeness (QED) is 0.0962. The van der Waals surface area contributed by atoms with E-state index in [1.807, 2.05) is 0 Å². The predicted octanol–water partition coefficient (Wildman–Crippen LogP) is 6.93. The number of aryl methyl sites for hydroxylation is 1. The van der Waals surface area contributed by atoms with Crippen LogP contribution >= 0.6 is 0 Å². The Bertz CT molecular complexity index is 1170. The molecule has 0 saturated carbocycles. The molecule has 0 saturated heterocycles. The van der Waals surface area contributed by atoms with Crippen molar-refractivity contribution >= 4 is 23.9 Å². The molecular formula is C34H36OSi. The van der Waals surface area contributed by atoms with E-state index in [9.17, 15) is 0 Å². The van der Waals surface area contributed by atoms with E-state index in [-0.39, 0.29) is 0 Å². The zero-order valence-electron chi connectivity index (χ0n) is 21.5. The third-order valence-corrected chi connectivity index (χ3v) is 10.6. The third kappa shape index (κ3) is 5.95. The van der Waals surface area contributed by atoms with Gasteiger partial charge in [0.2, 0.25) is 0 Å². The lowest BCUT2D eigenvalue weighted by atomic mass is 10.0. The number of benzene rings is 4. The van der Waals surface area contributed by atoms with Gasteiger partial charge in [-0.25, -0.2) is 0 Å². The summed E-state index contributed by atoms with van der Waals surface area (Å²) in [6.07, 6.45) is 3.61. The van der Waals surface area contributed by atoms with Crippen LogP contribution in [-0.2, 0) is 10.8 Å². The molecule has 0 amide bonds. The first-order valence-corrected chi connectivity index (χ1v) is 14.8. The molecule has 0 bridgehead atoms. The van der Waals surface area contributed by atoms with Crippen molar-refractivity contribution in [3.8, 4) is 0 Å². The van der Waals surface area contributed by atoms with Gasteiger partial charge in [0, 0.05) is 6.42 Å². The number of hydrogen-bond acceptors (Lipinski definition) is 1. The number of allylic oxidation sites excluding steroid dienone is 3. The van der Waals surface area contributed by atoms with Crippen LogP contribution in [0.2, 0.25) is 0 Å². The van der Waals surface area contributed by atoms with Crippen LogP contribution in [-0.4, -0.2) is 8.32 Å². The smallest absolute Gasteiger partial charge is 0.346 e. The average Bonchev–Trinajstić information content (AvgIpc) is 2.94. The number of hydrogen-bond donors (Lipinski definition) is 0. The molecule has 36 heavy (non-hydrogen) atoms. The van der Waals surface area contributed by atoms with E-state index in [0.717, 1.165) is 31.4 Å². The Labute approximate surface area is 217 Å². The van der Waals surface area contributed by atoms with Crippen molar-refractivity contribution in [2.75, 3.05) is 0 Å². The normalized spacial score (nSPS) is 12.1. The molecule has 0 heterocycles. The van der Waals surface area contributed by atoms with Crippen molar-refractivity contribution in [2.24, 2.45) is 0 Å². The summed E-state index contributed by atoms with van der Waals surface area (Å²) in [4.78, 5) is 0. The molecule has 1 nitrogen and oxygen atoms in total. The highest BCUT2D eigenvalue weighted by Crippen LogP contribution is 2.26. The summed E-state index contributed by atoms with van der Waals surface area (Å²) in [7, 11) is -2.84. The topological polar surface area (TPSA) is 9.23 Å². The van der Waals surface area contributed by atoms with Crippen LogP contribution in [0.15, 0.2) is 145 Å². The fourth-order valence-electron chi connectivity index (χ4n) is 4.87. The molecule has 0 aromatic heterocycles. The van der Waals surface area contributed by atoms with E-state index in [1.165, 1.54) is 32.3 Å². The average molecular weight is 489 g/mol. The third-order valence-electron chi connectivity index (χ3n) is 6.64. The van der Waals surface area contributed by atoms with Gasteiger partial charge in [0.05, 0.1) is 5.76 Å². The molecule has 4 rings (SSSR count). The summed E-state index contributed by atoms with van der Waals surface area (Å²) < 4.78 is 7.55. The first kappa shape index (κ1) is 25.5. The Morgan fingerprint density at radius 3 is 1.47 bits per heavy atom. The molecule has 0 N–H and O–H groups in total. The predicted molar refractivity (Wildman–Crippen MR) is 157 cm³/mol. The second-order valence-electron chi connectivity index (χ2n) is 9.38. The lowest BCUT2D eigenvalue weighted by Gasteiger charge is -2.35. The molecule has 0 fully saturated rings. The zero-order chi connectivity index (χ0) is 25.2. The van der Waals surface area contributed by atoms with Crippen molar-refractivity contribution in [3.05, 3.63) is 150 Å². The van der Waals surface area contributed by atoms with E-state index in [1.54, 1.807) is 0 Å². The molecule has 2 heteroatoms. The van der Waals surface area contributed by atoms with E-state index in [2.05, 4.69) is 142 Å². The van der Waals surface area contributed by atoms with Gasteiger partial charge in [0.15, 0.2) is 0 Å². The van der Waals surface area contributed by atoms with Crippen molar-refractivity contribution in [3.63, 3.8) is 0 Å². The Hall–Kier alpha value is -3.62. The summed E-state index contributed by atoms with van der Waals surface area (Å²) in [5.74, 6) is 1.12. The molecular weight excluding hydrogens is 452 g/mol. The first-order valence-electron chi connectivity index (χ1n) is 12.9. The van der Waals surface area contributed by atoms with Gasteiger partial charge in [-0.2, -0.15) is 0 Å². The van der Waals surface area contributed by atoms with Crippen LogP contribution in [0.1, 0.15) is 38.7 Å². The van der Waals surface area contributed by atoms with Gasteiger partial charge >= 0.3 is 8.32 Å². The van der Waals surface area contributed by atoms with E-state index < -0.39 is 8.32 Å². The highest BCUT2D eigenvalue weighted by molar-refractivity contribution is 7.07. The lowest BCUT2D eigenvalue weighted by Crippen LogP contribution is -2.69. The molecule has 4 aromatic carbocycles. The molecule has 0 radical (unpaired) electrons. The maximum absolute atomic E-state index is 7.55. The largest absolute Gasteiger partial charge is 0.534 e. The summed E-state index contributed by atoms with van der Waals surface area (Å²) in [5, 5.41) is 3.76. The van der Waals surface area contributed by atoms with Crippen LogP contribution in [0, 0.1) is 0 Å². The van der Waals surface area contributed by atoms with Gasteiger partial charge in [-0.3, -0.25) is 0 Å². The minimum Gasteiger partial charge on any atom is -0.534 e. The van der Waals surface area contributed by atoms with Gasteiger partial charge in [-0.1, -0.05) is 140 Å². The van der Waals surface area contributed by atoms with Crippen LogP contribution in [0.25, 0.3) is 0 Å². The van der Waals surface area contributed by atoms with Gasteiger partial charge in [0.25, 0.3) is 0 Å². The molecule has 0 atom stereocenters.